The van der Waals surface area contributed by atoms with Crippen LogP contribution in [0.1, 0.15) is 0 Å². The number of halogens is 3. The molecule has 2 rings (SSSR count). The lowest BCUT2D eigenvalue weighted by Gasteiger charge is -2.20. The average molecular weight is 380 g/mol. The predicted octanol–water partition coefficient (Wildman–Crippen LogP) is 3.20. The molecular formula is C10H7F2IN4O2. The van der Waals surface area contributed by atoms with E-state index < -0.39 is 23.8 Å². The molecule has 100 valence electrons. The van der Waals surface area contributed by atoms with Gasteiger partial charge in [0.05, 0.1) is 21.8 Å². The lowest BCUT2D eigenvalue weighted by molar-refractivity contribution is 0.179. The van der Waals surface area contributed by atoms with Crippen LogP contribution in [0, 0.1) is 15.2 Å². The molecule has 1 aliphatic heterocycles. The standard InChI is InChI=1S/C10H7F2IN4O2/c11-7-1-5(2-8(12)9(7)13)17-6(3-15-16-14)4-19-10(17)18/h1-2,6H,3-4H2/t6-/m1/s1. The Morgan fingerprint density at radius 1 is 1.53 bits per heavy atom. The monoisotopic (exact) mass is 380 g/mol. The fraction of sp³-hybridized carbons (Fsp3) is 0.300. The molecule has 0 spiro atoms. The third-order valence-electron chi connectivity index (χ3n) is 2.56. The van der Waals surface area contributed by atoms with Crippen LogP contribution in [0.15, 0.2) is 17.2 Å². The van der Waals surface area contributed by atoms with Crippen molar-refractivity contribution in [3.8, 4) is 0 Å². The first-order valence-corrected chi connectivity index (χ1v) is 6.24. The van der Waals surface area contributed by atoms with Crippen LogP contribution in [-0.2, 0) is 4.74 Å². The van der Waals surface area contributed by atoms with E-state index in [-0.39, 0.29) is 22.4 Å². The molecule has 0 unspecified atom stereocenters. The molecule has 0 aliphatic carbocycles. The molecule has 1 aromatic carbocycles. The molecule has 0 saturated carbocycles. The number of hydrogen-bond donors (Lipinski definition) is 0. The minimum Gasteiger partial charge on any atom is -0.447 e. The molecular weight excluding hydrogens is 373 g/mol. The Bertz CT molecular complexity index is 554. The zero-order valence-electron chi connectivity index (χ0n) is 9.39. The van der Waals surface area contributed by atoms with Crippen molar-refractivity contribution in [3.63, 3.8) is 0 Å². The van der Waals surface area contributed by atoms with Crippen LogP contribution in [0.4, 0.5) is 19.3 Å². The molecule has 0 radical (unpaired) electrons. The van der Waals surface area contributed by atoms with Gasteiger partial charge in [0, 0.05) is 4.91 Å². The topological polar surface area (TPSA) is 78.3 Å². The molecule has 6 nitrogen and oxygen atoms in total. The number of carbonyl (C=O) groups is 1. The summed E-state index contributed by atoms with van der Waals surface area (Å²) in [5, 5.41) is 3.34. The van der Waals surface area contributed by atoms with Gasteiger partial charge in [-0.2, -0.15) is 0 Å². The van der Waals surface area contributed by atoms with Gasteiger partial charge in [-0.15, -0.1) is 0 Å². The summed E-state index contributed by atoms with van der Waals surface area (Å²) in [6.07, 6.45) is -0.724. The van der Waals surface area contributed by atoms with Crippen molar-refractivity contribution in [2.24, 2.45) is 5.11 Å². The third kappa shape index (κ3) is 2.71. The molecule has 1 saturated heterocycles. The van der Waals surface area contributed by atoms with E-state index in [4.69, 9.17) is 10.3 Å². The fourth-order valence-corrected chi connectivity index (χ4v) is 2.03. The average Bonchev–Trinajstić information content (AvgIpc) is 2.74. The number of ether oxygens (including phenoxy) is 1. The first kappa shape index (κ1) is 13.8. The summed E-state index contributed by atoms with van der Waals surface area (Å²) < 4.78 is 31.6. The summed E-state index contributed by atoms with van der Waals surface area (Å²) in [5.41, 5.74) is 8.31. The van der Waals surface area contributed by atoms with Gasteiger partial charge in [0.2, 0.25) is 0 Å². The van der Waals surface area contributed by atoms with Gasteiger partial charge in [0.1, 0.15) is 18.2 Å². The van der Waals surface area contributed by atoms with Crippen LogP contribution < -0.4 is 4.90 Å². The number of azide groups is 1. The minimum atomic E-state index is -0.766. The Hall–Kier alpha value is -1.61. The highest BCUT2D eigenvalue weighted by atomic mass is 127. The van der Waals surface area contributed by atoms with Gasteiger partial charge < -0.3 is 4.74 Å². The lowest BCUT2D eigenvalue weighted by Crippen LogP contribution is -2.35. The van der Waals surface area contributed by atoms with E-state index in [0.29, 0.717) is 0 Å². The summed E-state index contributed by atoms with van der Waals surface area (Å²) in [5.74, 6) is -1.53. The number of carbonyl (C=O) groups excluding carboxylic acids is 1. The van der Waals surface area contributed by atoms with Crippen molar-refractivity contribution in [1.29, 1.82) is 0 Å². The highest BCUT2D eigenvalue weighted by Crippen LogP contribution is 2.28. The third-order valence-corrected chi connectivity index (χ3v) is 3.59. The molecule has 1 fully saturated rings. The van der Waals surface area contributed by atoms with E-state index in [2.05, 4.69) is 10.0 Å². The van der Waals surface area contributed by atoms with Crippen molar-refractivity contribution in [2.45, 2.75) is 6.04 Å². The smallest absolute Gasteiger partial charge is 0.414 e. The zero-order chi connectivity index (χ0) is 14.0. The SMILES string of the molecule is [N-]=[N+]=NC[C@@H]1COC(=O)N1c1cc(F)c(I)c(F)c1. The second-order valence-corrected chi connectivity index (χ2v) is 4.82. The molecule has 9 heteroatoms. The van der Waals surface area contributed by atoms with Crippen molar-refractivity contribution in [3.05, 3.63) is 37.8 Å². The van der Waals surface area contributed by atoms with Crippen molar-refractivity contribution in [2.75, 3.05) is 18.1 Å². The van der Waals surface area contributed by atoms with Gasteiger partial charge in [-0.1, -0.05) is 5.11 Å². The number of hydrogen-bond acceptors (Lipinski definition) is 3. The maximum absolute atomic E-state index is 13.5. The summed E-state index contributed by atoms with van der Waals surface area (Å²) in [4.78, 5) is 15.2. The number of amides is 1. The number of anilines is 1. The number of benzene rings is 1. The fourth-order valence-electron chi connectivity index (χ4n) is 1.72. The number of cyclic esters (lactones) is 1. The van der Waals surface area contributed by atoms with Crippen LogP contribution in [0.2, 0.25) is 0 Å². The Morgan fingerprint density at radius 2 is 2.16 bits per heavy atom. The van der Waals surface area contributed by atoms with Crippen LogP contribution in [0.5, 0.6) is 0 Å². The van der Waals surface area contributed by atoms with Crippen LogP contribution in [-0.4, -0.2) is 25.3 Å². The second kappa shape index (κ2) is 5.57. The van der Waals surface area contributed by atoms with Gasteiger partial charge in [0.25, 0.3) is 0 Å². The Balaban J connectivity index is 2.37. The summed E-state index contributed by atoms with van der Waals surface area (Å²) >= 11 is 1.53. The summed E-state index contributed by atoms with van der Waals surface area (Å²) in [6, 6.07) is 1.52. The predicted molar refractivity (Wildman–Crippen MR) is 70.7 cm³/mol. The maximum Gasteiger partial charge on any atom is 0.414 e. The maximum atomic E-state index is 13.5. The highest BCUT2D eigenvalue weighted by molar-refractivity contribution is 14.1. The van der Waals surface area contributed by atoms with E-state index in [1.165, 1.54) is 22.6 Å². The molecule has 1 aliphatic rings. The Labute approximate surface area is 120 Å². The summed E-state index contributed by atoms with van der Waals surface area (Å²) in [6.45, 7) is -0.0233. The van der Waals surface area contributed by atoms with Crippen LogP contribution >= 0.6 is 22.6 Å². The molecule has 1 atom stereocenters. The molecule has 0 bridgehead atoms. The van der Waals surface area contributed by atoms with Crippen molar-refractivity contribution >= 4 is 34.4 Å². The molecule has 0 N–H and O–H groups in total. The molecule has 19 heavy (non-hydrogen) atoms. The van der Waals surface area contributed by atoms with Crippen LogP contribution in [0.25, 0.3) is 10.4 Å². The van der Waals surface area contributed by atoms with Gasteiger partial charge in [0.15, 0.2) is 0 Å². The lowest BCUT2D eigenvalue weighted by atomic mass is 10.2. The van der Waals surface area contributed by atoms with E-state index in [1.54, 1.807) is 0 Å². The van der Waals surface area contributed by atoms with E-state index in [1.807, 2.05) is 0 Å². The van der Waals surface area contributed by atoms with Crippen molar-refractivity contribution in [1.82, 2.24) is 0 Å². The van der Waals surface area contributed by atoms with Gasteiger partial charge in [-0.05, 0) is 40.3 Å². The molecule has 1 aromatic rings. The normalized spacial score (nSPS) is 18.2. The zero-order valence-corrected chi connectivity index (χ0v) is 11.5. The Kier molecular flexibility index (Phi) is 4.05. The second-order valence-electron chi connectivity index (χ2n) is 3.74. The Morgan fingerprint density at radius 3 is 2.74 bits per heavy atom. The molecule has 1 amide bonds. The highest BCUT2D eigenvalue weighted by Gasteiger charge is 2.34. The minimum absolute atomic E-state index is 0.00702. The van der Waals surface area contributed by atoms with Gasteiger partial charge >= 0.3 is 6.09 Å². The van der Waals surface area contributed by atoms with Crippen molar-refractivity contribution < 1.29 is 18.3 Å². The molecule has 1 heterocycles. The van der Waals surface area contributed by atoms with E-state index in [9.17, 15) is 13.6 Å². The molecule has 0 aromatic heterocycles. The van der Waals surface area contributed by atoms with E-state index >= 15 is 0 Å². The first-order chi connectivity index (χ1) is 9.04. The van der Waals surface area contributed by atoms with Gasteiger partial charge in [-0.3, -0.25) is 4.90 Å². The number of nitrogens with zero attached hydrogens (tertiary/aromatic N) is 4. The first-order valence-electron chi connectivity index (χ1n) is 5.16. The van der Waals surface area contributed by atoms with Gasteiger partial charge in [-0.25, -0.2) is 13.6 Å². The van der Waals surface area contributed by atoms with E-state index in [0.717, 1.165) is 17.0 Å². The number of rotatable bonds is 3. The summed E-state index contributed by atoms with van der Waals surface area (Å²) in [7, 11) is 0. The largest absolute Gasteiger partial charge is 0.447 e. The quantitative estimate of drug-likeness (QED) is 0.266. The van der Waals surface area contributed by atoms with Crippen LogP contribution in [0.3, 0.4) is 0 Å².